The summed E-state index contributed by atoms with van der Waals surface area (Å²) in [4.78, 5) is 5.77. The van der Waals surface area contributed by atoms with Gasteiger partial charge in [0.05, 0.1) is 0 Å². The number of benzene rings is 1. The number of hydrogen-bond donors (Lipinski definition) is 0. The Labute approximate surface area is 96.1 Å². The van der Waals surface area contributed by atoms with Crippen LogP contribution in [0.2, 0.25) is 0 Å². The Bertz CT molecular complexity index is 445. The van der Waals surface area contributed by atoms with Gasteiger partial charge in [0.25, 0.3) is 0 Å². The summed E-state index contributed by atoms with van der Waals surface area (Å²) in [5, 5.41) is 0. The molecule has 2 aromatic rings. The maximum atomic E-state index is 5.77. The summed E-state index contributed by atoms with van der Waals surface area (Å²) < 4.78 is 1.87. The highest BCUT2D eigenvalue weighted by Crippen LogP contribution is 1.99. The summed E-state index contributed by atoms with van der Waals surface area (Å²) in [5.74, 6) is 0. The van der Waals surface area contributed by atoms with Crippen LogP contribution in [0, 0.1) is 13.8 Å². The van der Waals surface area contributed by atoms with Gasteiger partial charge in [-0.3, -0.25) is 4.84 Å². The van der Waals surface area contributed by atoms with Crippen LogP contribution >= 0.6 is 0 Å². The van der Waals surface area contributed by atoms with Crippen molar-refractivity contribution in [2.45, 2.75) is 20.5 Å². The molecule has 0 saturated heterocycles. The van der Waals surface area contributed by atoms with E-state index in [0.29, 0.717) is 6.61 Å². The first-order valence-electron chi connectivity index (χ1n) is 5.43. The molecule has 0 aliphatic carbocycles. The molecule has 2 rings (SSSR count). The molecule has 0 atom stereocenters. The summed E-state index contributed by atoms with van der Waals surface area (Å²) in [6.45, 7) is 4.67. The van der Waals surface area contributed by atoms with Gasteiger partial charge in [0.2, 0.25) is 11.4 Å². The molecule has 0 aliphatic heterocycles. The summed E-state index contributed by atoms with van der Waals surface area (Å²) in [6.07, 6.45) is 0. The van der Waals surface area contributed by atoms with E-state index in [1.54, 1.807) is 0 Å². The molecule has 0 fully saturated rings. The first kappa shape index (κ1) is 10.7. The largest absolute Gasteiger partial charge is 0.266 e. The maximum Gasteiger partial charge on any atom is 0.231 e. The normalized spacial score (nSPS) is 10.1. The minimum Gasteiger partial charge on any atom is -0.266 e. The third-order valence-electron chi connectivity index (χ3n) is 2.52. The summed E-state index contributed by atoms with van der Waals surface area (Å²) in [5.41, 5.74) is 3.39. The number of nitrogens with zero attached hydrogens (tertiary/aromatic N) is 1. The fraction of sp³-hybridized carbons (Fsp3) is 0.214. The zero-order valence-corrected chi connectivity index (χ0v) is 9.68. The van der Waals surface area contributed by atoms with Gasteiger partial charge in [0, 0.05) is 30.7 Å². The Morgan fingerprint density at radius 1 is 0.875 bits per heavy atom. The van der Waals surface area contributed by atoms with Gasteiger partial charge in [-0.1, -0.05) is 30.3 Å². The van der Waals surface area contributed by atoms with Crippen molar-refractivity contribution in [3.05, 3.63) is 65.5 Å². The van der Waals surface area contributed by atoms with Crippen LogP contribution in [0.25, 0.3) is 0 Å². The average molecular weight is 214 g/mol. The molecule has 1 heterocycles. The van der Waals surface area contributed by atoms with Crippen LogP contribution in [0.15, 0.2) is 48.5 Å². The SMILES string of the molecule is Cc1cccc(C)[n+]1OCc1ccccc1. The van der Waals surface area contributed by atoms with E-state index in [2.05, 4.69) is 12.1 Å². The molecule has 0 amide bonds. The van der Waals surface area contributed by atoms with Gasteiger partial charge in [-0.15, -0.1) is 0 Å². The lowest BCUT2D eigenvalue weighted by molar-refractivity contribution is -0.903. The predicted molar refractivity (Wildman–Crippen MR) is 62.8 cm³/mol. The molecule has 82 valence electrons. The first-order chi connectivity index (χ1) is 7.77. The second kappa shape index (κ2) is 4.79. The van der Waals surface area contributed by atoms with Crippen LogP contribution in [0.5, 0.6) is 0 Å². The number of pyridine rings is 1. The predicted octanol–water partition coefficient (Wildman–Crippen LogP) is 2.22. The average Bonchev–Trinajstić information content (AvgIpc) is 2.30. The molecule has 1 aromatic heterocycles. The third kappa shape index (κ3) is 2.40. The van der Waals surface area contributed by atoms with E-state index in [-0.39, 0.29) is 0 Å². The summed E-state index contributed by atoms with van der Waals surface area (Å²) in [6, 6.07) is 16.3. The molecule has 0 spiro atoms. The molecule has 0 unspecified atom stereocenters. The van der Waals surface area contributed by atoms with E-state index in [1.165, 1.54) is 5.56 Å². The van der Waals surface area contributed by atoms with E-state index >= 15 is 0 Å². The molecule has 0 saturated carbocycles. The highest BCUT2D eigenvalue weighted by molar-refractivity contribution is 5.13. The zero-order chi connectivity index (χ0) is 11.4. The van der Waals surface area contributed by atoms with Gasteiger partial charge in [-0.2, -0.15) is 0 Å². The van der Waals surface area contributed by atoms with Crippen molar-refractivity contribution < 1.29 is 9.57 Å². The molecule has 0 aliphatic rings. The first-order valence-corrected chi connectivity index (χ1v) is 5.43. The van der Waals surface area contributed by atoms with E-state index < -0.39 is 0 Å². The Morgan fingerprint density at radius 3 is 2.12 bits per heavy atom. The molecule has 16 heavy (non-hydrogen) atoms. The number of aromatic nitrogens is 1. The lowest BCUT2D eigenvalue weighted by Crippen LogP contribution is -2.47. The molecule has 0 N–H and O–H groups in total. The van der Waals surface area contributed by atoms with Crippen LogP contribution in [-0.2, 0) is 6.61 Å². The van der Waals surface area contributed by atoms with Gasteiger partial charge in [-0.05, 0) is 11.6 Å². The smallest absolute Gasteiger partial charge is 0.231 e. The van der Waals surface area contributed by atoms with Crippen LogP contribution < -0.4 is 9.57 Å². The zero-order valence-electron chi connectivity index (χ0n) is 9.68. The number of aryl methyl sites for hydroxylation is 2. The molecule has 0 radical (unpaired) electrons. The molecular weight excluding hydrogens is 198 g/mol. The Morgan fingerprint density at radius 2 is 1.50 bits per heavy atom. The second-order valence-corrected chi connectivity index (χ2v) is 3.86. The standard InChI is InChI=1S/C14H16NO/c1-12-7-6-8-13(2)15(12)16-11-14-9-4-3-5-10-14/h3-10H,11H2,1-2H3/q+1. The molecule has 2 heteroatoms. The Hall–Kier alpha value is -1.83. The van der Waals surface area contributed by atoms with Crippen molar-refractivity contribution in [1.29, 1.82) is 0 Å². The van der Waals surface area contributed by atoms with Gasteiger partial charge >= 0.3 is 0 Å². The van der Waals surface area contributed by atoms with Gasteiger partial charge in [-0.25, -0.2) is 0 Å². The van der Waals surface area contributed by atoms with Crippen LogP contribution in [-0.4, -0.2) is 0 Å². The van der Waals surface area contributed by atoms with Crippen molar-refractivity contribution >= 4 is 0 Å². The lowest BCUT2D eigenvalue weighted by Gasteiger charge is -2.03. The van der Waals surface area contributed by atoms with Crippen molar-refractivity contribution in [3.63, 3.8) is 0 Å². The van der Waals surface area contributed by atoms with Crippen molar-refractivity contribution in [2.24, 2.45) is 0 Å². The van der Waals surface area contributed by atoms with Gasteiger partial charge in [0.1, 0.15) is 0 Å². The number of rotatable bonds is 3. The van der Waals surface area contributed by atoms with Crippen molar-refractivity contribution in [1.82, 2.24) is 0 Å². The monoisotopic (exact) mass is 214 g/mol. The molecular formula is C14H16NO+. The quantitative estimate of drug-likeness (QED) is 0.714. The maximum absolute atomic E-state index is 5.77. The highest BCUT2D eigenvalue weighted by atomic mass is 16.7. The fourth-order valence-corrected chi connectivity index (χ4v) is 1.66. The molecule has 1 aromatic carbocycles. The number of hydrogen-bond acceptors (Lipinski definition) is 1. The minimum absolute atomic E-state index is 0.594. The Balaban J connectivity index is 2.11. The molecule has 2 nitrogen and oxygen atoms in total. The Kier molecular flexibility index (Phi) is 3.20. The second-order valence-electron chi connectivity index (χ2n) is 3.86. The van der Waals surface area contributed by atoms with Crippen molar-refractivity contribution in [3.8, 4) is 0 Å². The van der Waals surface area contributed by atoms with Crippen LogP contribution in [0.4, 0.5) is 0 Å². The van der Waals surface area contributed by atoms with Crippen LogP contribution in [0.1, 0.15) is 17.0 Å². The van der Waals surface area contributed by atoms with Crippen LogP contribution in [0.3, 0.4) is 0 Å². The third-order valence-corrected chi connectivity index (χ3v) is 2.52. The van der Waals surface area contributed by atoms with E-state index in [9.17, 15) is 0 Å². The lowest BCUT2D eigenvalue weighted by atomic mass is 10.2. The summed E-state index contributed by atoms with van der Waals surface area (Å²) >= 11 is 0. The highest BCUT2D eigenvalue weighted by Gasteiger charge is 2.11. The van der Waals surface area contributed by atoms with Gasteiger partial charge in [0.15, 0.2) is 6.61 Å². The fourth-order valence-electron chi connectivity index (χ4n) is 1.66. The van der Waals surface area contributed by atoms with Gasteiger partial charge < -0.3 is 0 Å². The van der Waals surface area contributed by atoms with E-state index in [4.69, 9.17) is 4.84 Å². The minimum atomic E-state index is 0.594. The molecule has 0 bridgehead atoms. The van der Waals surface area contributed by atoms with Crippen molar-refractivity contribution in [2.75, 3.05) is 0 Å². The summed E-state index contributed by atoms with van der Waals surface area (Å²) in [7, 11) is 0. The topological polar surface area (TPSA) is 13.1 Å². The van der Waals surface area contributed by atoms with E-state index in [0.717, 1.165) is 11.4 Å². The van der Waals surface area contributed by atoms with E-state index in [1.807, 2.05) is 55.0 Å².